The van der Waals surface area contributed by atoms with E-state index in [0.29, 0.717) is 18.1 Å². The van der Waals surface area contributed by atoms with E-state index in [4.69, 9.17) is 9.47 Å². The highest BCUT2D eigenvalue weighted by molar-refractivity contribution is 5.93. The number of fused-ring (bicyclic) bond motifs is 1. The summed E-state index contributed by atoms with van der Waals surface area (Å²) in [5.41, 5.74) is 2.88. The van der Waals surface area contributed by atoms with Crippen LogP contribution < -0.4 is 9.47 Å². The Hall–Kier alpha value is -2.56. The molecule has 4 rings (SSSR count). The minimum Gasteiger partial charge on any atom is -0.493 e. The Bertz CT molecular complexity index is 798. The second-order valence-electron chi connectivity index (χ2n) is 7.42. The third-order valence-electron chi connectivity index (χ3n) is 5.47. The number of likely N-dealkylation sites (tertiary alicyclic amines) is 1. The maximum atomic E-state index is 12.6. The van der Waals surface area contributed by atoms with E-state index in [-0.39, 0.29) is 5.91 Å². The molecule has 1 aromatic heterocycles. The summed E-state index contributed by atoms with van der Waals surface area (Å²) in [7, 11) is 1.67. The molecule has 0 spiro atoms. The van der Waals surface area contributed by atoms with E-state index < -0.39 is 0 Å². The molecule has 1 aromatic carbocycles. The average Bonchev–Trinajstić information content (AvgIpc) is 2.74. The number of amides is 1. The van der Waals surface area contributed by atoms with Gasteiger partial charge >= 0.3 is 0 Å². The van der Waals surface area contributed by atoms with Crippen molar-refractivity contribution in [1.82, 2.24) is 9.88 Å². The Morgan fingerprint density at radius 1 is 1.22 bits per heavy atom. The van der Waals surface area contributed by atoms with E-state index in [2.05, 4.69) is 11.1 Å². The average molecular weight is 366 g/mol. The van der Waals surface area contributed by atoms with Crippen LogP contribution in [0.4, 0.5) is 0 Å². The highest BCUT2D eigenvalue weighted by Crippen LogP contribution is 2.36. The van der Waals surface area contributed by atoms with Gasteiger partial charge in [-0.2, -0.15) is 0 Å². The maximum absolute atomic E-state index is 12.6. The number of ether oxygens (including phenoxy) is 2. The lowest BCUT2D eigenvalue weighted by Gasteiger charge is -2.27. The molecule has 0 bridgehead atoms. The number of benzene rings is 1. The van der Waals surface area contributed by atoms with Crippen LogP contribution in [0.2, 0.25) is 0 Å². The molecule has 0 unspecified atom stereocenters. The van der Waals surface area contributed by atoms with Gasteiger partial charge in [0.25, 0.3) is 5.91 Å². The summed E-state index contributed by atoms with van der Waals surface area (Å²) >= 11 is 0. The van der Waals surface area contributed by atoms with Crippen LogP contribution in [0.1, 0.15) is 40.9 Å². The van der Waals surface area contributed by atoms with Crippen LogP contribution >= 0.6 is 0 Å². The number of carbonyl (C=O) groups is 1. The van der Waals surface area contributed by atoms with Gasteiger partial charge in [0.05, 0.1) is 19.3 Å². The van der Waals surface area contributed by atoms with Crippen molar-refractivity contribution in [2.75, 3.05) is 26.8 Å². The van der Waals surface area contributed by atoms with Crippen LogP contribution in [0.3, 0.4) is 0 Å². The lowest BCUT2D eigenvalue weighted by molar-refractivity contribution is 0.0724. The topological polar surface area (TPSA) is 51.7 Å². The smallest absolute Gasteiger partial charge is 0.255 e. The fourth-order valence-electron chi connectivity index (χ4n) is 4.00. The fraction of sp³-hybridized carbons (Fsp3) is 0.455. The van der Waals surface area contributed by atoms with Gasteiger partial charge in [0.1, 0.15) is 0 Å². The largest absolute Gasteiger partial charge is 0.493 e. The van der Waals surface area contributed by atoms with Crippen molar-refractivity contribution in [3.63, 3.8) is 0 Å². The monoisotopic (exact) mass is 366 g/mol. The predicted octanol–water partition coefficient (Wildman–Crippen LogP) is 3.51. The molecule has 27 heavy (non-hydrogen) atoms. The maximum Gasteiger partial charge on any atom is 0.255 e. The zero-order valence-corrected chi connectivity index (χ0v) is 15.8. The number of piperidine rings is 1. The number of hydrogen-bond donors (Lipinski definition) is 0. The van der Waals surface area contributed by atoms with Gasteiger partial charge in [0.15, 0.2) is 11.5 Å². The van der Waals surface area contributed by atoms with Crippen LogP contribution in [0, 0.1) is 5.92 Å². The first kappa shape index (κ1) is 17.8. The number of carbonyl (C=O) groups excluding carboxylic acids is 1. The van der Waals surface area contributed by atoms with Crippen molar-refractivity contribution in [3.8, 4) is 11.5 Å². The highest BCUT2D eigenvalue weighted by Gasteiger charge is 2.24. The van der Waals surface area contributed by atoms with E-state index in [1.165, 1.54) is 12.0 Å². The molecular weight excluding hydrogens is 340 g/mol. The van der Waals surface area contributed by atoms with Gasteiger partial charge in [-0.15, -0.1) is 0 Å². The van der Waals surface area contributed by atoms with Gasteiger partial charge in [-0.1, -0.05) is 12.1 Å². The number of para-hydroxylation sites is 1. The summed E-state index contributed by atoms with van der Waals surface area (Å²) < 4.78 is 11.3. The molecule has 1 saturated heterocycles. The Kier molecular flexibility index (Phi) is 5.28. The molecule has 2 aromatic rings. The summed E-state index contributed by atoms with van der Waals surface area (Å²) in [5, 5.41) is 0. The molecule has 142 valence electrons. The summed E-state index contributed by atoms with van der Waals surface area (Å²) in [5.74, 6) is 2.15. The molecule has 5 nitrogen and oxygen atoms in total. The number of hydrogen-bond acceptors (Lipinski definition) is 4. The number of aromatic nitrogens is 1. The Balaban J connectivity index is 1.39. The van der Waals surface area contributed by atoms with Crippen LogP contribution in [-0.2, 0) is 12.8 Å². The molecule has 0 N–H and O–H groups in total. The third kappa shape index (κ3) is 3.92. The summed E-state index contributed by atoms with van der Waals surface area (Å²) in [6.45, 7) is 2.38. The first-order valence-electron chi connectivity index (χ1n) is 9.77. The van der Waals surface area contributed by atoms with Gasteiger partial charge in [-0.05, 0) is 55.9 Å². The molecule has 1 fully saturated rings. The molecule has 2 aliphatic rings. The van der Waals surface area contributed by atoms with Crippen molar-refractivity contribution in [2.45, 2.75) is 32.1 Å². The molecule has 0 radical (unpaired) electrons. The van der Waals surface area contributed by atoms with Crippen LogP contribution in [-0.4, -0.2) is 42.6 Å². The summed E-state index contributed by atoms with van der Waals surface area (Å²) in [4.78, 5) is 19.0. The Morgan fingerprint density at radius 3 is 2.81 bits per heavy atom. The van der Waals surface area contributed by atoms with Crippen LogP contribution in [0.5, 0.6) is 11.5 Å². The molecular formula is C22H26N2O3. The SMILES string of the molecule is COc1cccc2c1OC[C@H](Cc1ccc(C(=O)N3CCCCC3)cn1)C2. The van der Waals surface area contributed by atoms with E-state index in [9.17, 15) is 4.79 Å². The van der Waals surface area contributed by atoms with Gasteiger partial charge in [-0.25, -0.2) is 0 Å². The molecule has 5 heteroatoms. The van der Waals surface area contributed by atoms with Gasteiger partial charge in [-0.3, -0.25) is 9.78 Å². The minimum atomic E-state index is 0.107. The van der Waals surface area contributed by atoms with E-state index in [1.807, 2.05) is 29.2 Å². The van der Waals surface area contributed by atoms with Crippen LogP contribution in [0.15, 0.2) is 36.5 Å². The zero-order valence-electron chi connectivity index (χ0n) is 15.8. The second kappa shape index (κ2) is 7.99. The molecule has 0 saturated carbocycles. The Morgan fingerprint density at radius 2 is 2.07 bits per heavy atom. The molecule has 2 aliphatic heterocycles. The summed E-state index contributed by atoms with van der Waals surface area (Å²) in [6.07, 6.45) is 6.94. The second-order valence-corrected chi connectivity index (χ2v) is 7.42. The quantitative estimate of drug-likeness (QED) is 0.831. The van der Waals surface area contributed by atoms with Gasteiger partial charge < -0.3 is 14.4 Å². The van der Waals surface area contributed by atoms with Crippen molar-refractivity contribution >= 4 is 5.91 Å². The van der Waals surface area contributed by atoms with Crippen molar-refractivity contribution in [3.05, 3.63) is 53.3 Å². The van der Waals surface area contributed by atoms with E-state index >= 15 is 0 Å². The normalized spacial score (nSPS) is 19.1. The standard InChI is InChI=1S/C22H26N2O3/c1-26-20-7-5-6-17-12-16(15-27-21(17)20)13-19-9-8-18(14-23-19)22(25)24-10-3-2-4-11-24/h5-9,14,16H,2-4,10-13,15H2,1H3/t16-/m0/s1. The molecule has 3 heterocycles. The van der Waals surface area contributed by atoms with E-state index in [0.717, 1.165) is 56.0 Å². The highest BCUT2D eigenvalue weighted by atomic mass is 16.5. The molecule has 0 aliphatic carbocycles. The summed E-state index contributed by atoms with van der Waals surface area (Å²) in [6, 6.07) is 9.93. The minimum absolute atomic E-state index is 0.107. The Labute approximate surface area is 160 Å². The molecule has 1 amide bonds. The number of methoxy groups -OCH3 is 1. The van der Waals surface area contributed by atoms with Crippen LogP contribution in [0.25, 0.3) is 0 Å². The number of rotatable bonds is 4. The zero-order chi connectivity index (χ0) is 18.6. The van der Waals surface area contributed by atoms with E-state index in [1.54, 1.807) is 13.3 Å². The lowest BCUT2D eigenvalue weighted by atomic mass is 9.92. The fourth-order valence-corrected chi connectivity index (χ4v) is 4.00. The first-order chi connectivity index (χ1) is 13.2. The third-order valence-corrected chi connectivity index (χ3v) is 5.47. The molecule has 1 atom stereocenters. The number of pyridine rings is 1. The van der Waals surface area contributed by atoms with Gasteiger partial charge in [0, 0.05) is 30.9 Å². The predicted molar refractivity (Wildman–Crippen MR) is 103 cm³/mol. The lowest BCUT2D eigenvalue weighted by Crippen LogP contribution is -2.35. The number of nitrogens with zero attached hydrogens (tertiary/aromatic N) is 2. The first-order valence-corrected chi connectivity index (χ1v) is 9.77. The van der Waals surface area contributed by atoms with Crippen molar-refractivity contribution in [1.29, 1.82) is 0 Å². The van der Waals surface area contributed by atoms with Gasteiger partial charge in [0.2, 0.25) is 0 Å². The van der Waals surface area contributed by atoms with Crippen molar-refractivity contribution < 1.29 is 14.3 Å². The van der Waals surface area contributed by atoms with Crippen molar-refractivity contribution in [2.24, 2.45) is 5.92 Å².